The first kappa shape index (κ1) is 14.1. The first-order valence-corrected chi connectivity index (χ1v) is 5.05. The van der Waals surface area contributed by atoms with Crippen LogP contribution < -0.4 is 0 Å². The average molecular weight is 258 g/mol. The fourth-order valence-electron chi connectivity index (χ4n) is 1.73. The molecule has 0 heterocycles. The van der Waals surface area contributed by atoms with Crippen LogP contribution in [0.1, 0.15) is 20.3 Å². The lowest BCUT2D eigenvalue weighted by Gasteiger charge is -2.27. The Kier molecular flexibility index (Phi) is 3.64. The van der Waals surface area contributed by atoms with Crippen LogP contribution in [0.25, 0.3) is 0 Å². The Bertz CT molecular complexity index is 330. The summed E-state index contributed by atoms with van der Waals surface area (Å²) in [5.74, 6) is -3.39. The Morgan fingerprint density at radius 2 is 1.59 bits per heavy atom. The molecule has 6 heteroatoms. The van der Waals surface area contributed by atoms with Gasteiger partial charge in [0.1, 0.15) is 0 Å². The van der Waals surface area contributed by atoms with Gasteiger partial charge >= 0.3 is 12.4 Å². The smallest absolute Gasteiger partial charge is 0.170 e. The number of hydrogen-bond acceptors (Lipinski definition) is 0. The summed E-state index contributed by atoms with van der Waals surface area (Å²) in [5, 5.41) is 0. The molecule has 0 saturated heterocycles. The minimum Gasteiger partial charge on any atom is -0.170 e. The Morgan fingerprint density at radius 1 is 1.12 bits per heavy atom. The molecule has 0 nitrogen and oxygen atoms in total. The SMILES string of the molecule is CC1=CC(C(C(F)(F)F)C(F)(F)F)=CCC1C. The van der Waals surface area contributed by atoms with Gasteiger partial charge < -0.3 is 0 Å². The molecule has 0 aliphatic heterocycles. The molecule has 0 amide bonds. The highest BCUT2D eigenvalue weighted by molar-refractivity contribution is 5.32. The number of alkyl halides is 6. The third-order valence-corrected chi connectivity index (χ3v) is 2.87. The van der Waals surface area contributed by atoms with Crippen LogP contribution in [0, 0.1) is 11.8 Å². The van der Waals surface area contributed by atoms with Crippen LogP contribution in [0.4, 0.5) is 26.3 Å². The summed E-state index contributed by atoms with van der Waals surface area (Å²) < 4.78 is 74.6. The largest absolute Gasteiger partial charge is 0.404 e. The van der Waals surface area contributed by atoms with Gasteiger partial charge in [-0.05, 0) is 24.8 Å². The molecule has 0 aromatic heterocycles. The molecule has 0 aromatic carbocycles. The van der Waals surface area contributed by atoms with E-state index in [2.05, 4.69) is 0 Å². The Morgan fingerprint density at radius 3 is 1.94 bits per heavy atom. The molecule has 1 aliphatic carbocycles. The molecule has 1 rings (SSSR count). The molecule has 0 aromatic rings. The van der Waals surface area contributed by atoms with E-state index in [0.29, 0.717) is 5.57 Å². The number of rotatable bonds is 1. The van der Waals surface area contributed by atoms with Crippen LogP contribution >= 0.6 is 0 Å². The van der Waals surface area contributed by atoms with Gasteiger partial charge in [-0.2, -0.15) is 26.3 Å². The van der Waals surface area contributed by atoms with Crippen LogP contribution in [-0.2, 0) is 0 Å². The van der Waals surface area contributed by atoms with Crippen molar-refractivity contribution in [3.05, 3.63) is 23.3 Å². The number of allylic oxidation sites excluding steroid dienone is 4. The fourth-order valence-corrected chi connectivity index (χ4v) is 1.73. The van der Waals surface area contributed by atoms with E-state index in [-0.39, 0.29) is 12.3 Å². The summed E-state index contributed by atoms with van der Waals surface area (Å²) >= 11 is 0. The zero-order valence-corrected chi connectivity index (χ0v) is 9.28. The Labute approximate surface area is 95.0 Å². The zero-order valence-electron chi connectivity index (χ0n) is 9.28. The third-order valence-electron chi connectivity index (χ3n) is 2.87. The molecular weight excluding hydrogens is 246 g/mol. The van der Waals surface area contributed by atoms with E-state index in [1.54, 1.807) is 13.8 Å². The second kappa shape index (κ2) is 4.38. The molecule has 1 unspecified atom stereocenters. The van der Waals surface area contributed by atoms with E-state index in [4.69, 9.17) is 0 Å². The average Bonchev–Trinajstić information content (AvgIpc) is 2.06. The van der Waals surface area contributed by atoms with Gasteiger partial charge in [0.25, 0.3) is 0 Å². The maximum Gasteiger partial charge on any atom is 0.404 e. The van der Waals surface area contributed by atoms with Gasteiger partial charge in [-0.15, -0.1) is 0 Å². The summed E-state index contributed by atoms with van der Waals surface area (Å²) in [4.78, 5) is 0. The first-order chi connectivity index (χ1) is 7.53. The van der Waals surface area contributed by atoms with Crippen molar-refractivity contribution in [2.75, 3.05) is 0 Å². The third kappa shape index (κ3) is 3.26. The summed E-state index contributed by atoms with van der Waals surface area (Å²) in [6.45, 7) is 3.30. The molecule has 0 bridgehead atoms. The van der Waals surface area contributed by atoms with E-state index in [1.165, 1.54) is 0 Å². The van der Waals surface area contributed by atoms with Gasteiger partial charge in [0, 0.05) is 0 Å². The minimum atomic E-state index is -5.30. The van der Waals surface area contributed by atoms with Crippen molar-refractivity contribution in [3.63, 3.8) is 0 Å². The van der Waals surface area contributed by atoms with E-state index in [9.17, 15) is 26.3 Å². The van der Waals surface area contributed by atoms with Gasteiger partial charge in [-0.25, -0.2) is 0 Å². The Hall–Kier alpha value is -0.940. The molecule has 1 aliphatic rings. The summed E-state index contributed by atoms with van der Waals surface area (Å²) in [6, 6.07) is 0. The van der Waals surface area contributed by atoms with Crippen LogP contribution in [-0.4, -0.2) is 12.4 Å². The number of hydrogen-bond donors (Lipinski definition) is 0. The number of halogens is 6. The van der Waals surface area contributed by atoms with Crippen molar-refractivity contribution < 1.29 is 26.3 Å². The molecule has 0 radical (unpaired) electrons. The van der Waals surface area contributed by atoms with Crippen molar-refractivity contribution in [2.24, 2.45) is 11.8 Å². The van der Waals surface area contributed by atoms with Gasteiger partial charge in [-0.3, -0.25) is 0 Å². The quantitative estimate of drug-likeness (QED) is 0.601. The van der Waals surface area contributed by atoms with Crippen molar-refractivity contribution in [1.82, 2.24) is 0 Å². The monoisotopic (exact) mass is 258 g/mol. The summed E-state index contributed by atoms with van der Waals surface area (Å²) in [6.07, 6.45) is -8.37. The lowest BCUT2D eigenvalue weighted by Crippen LogP contribution is -2.38. The van der Waals surface area contributed by atoms with Crippen molar-refractivity contribution in [2.45, 2.75) is 32.6 Å². The van der Waals surface area contributed by atoms with Crippen molar-refractivity contribution in [3.8, 4) is 0 Å². The molecular formula is C11H12F6. The molecule has 0 spiro atoms. The van der Waals surface area contributed by atoms with E-state index in [0.717, 1.165) is 12.2 Å². The van der Waals surface area contributed by atoms with Gasteiger partial charge in [0.05, 0.1) is 0 Å². The molecule has 1 atom stereocenters. The predicted octanol–water partition coefficient (Wildman–Crippen LogP) is 4.64. The topological polar surface area (TPSA) is 0 Å². The molecule has 0 saturated carbocycles. The van der Waals surface area contributed by atoms with Crippen LogP contribution in [0.3, 0.4) is 0 Å². The Balaban J connectivity index is 3.11. The predicted molar refractivity (Wildman–Crippen MR) is 51.2 cm³/mol. The fraction of sp³-hybridized carbons (Fsp3) is 0.636. The van der Waals surface area contributed by atoms with Crippen LogP contribution in [0.15, 0.2) is 23.3 Å². The summed E-state index contributed by atoms with van der Waals surface area (Å²) in [5.41, 5.74) is -0.151. The van der Waals surface area contributed by atoms with Gasteiger partial charge in [0.2, 0.25) is 0 Å². The second-order valence-corrected chi connectivity index (χ2v) is 4.25. The highest BCUT2D eigenvalue weighted by Crippen LogP contribution is 2.45. The highest BCUT2D eigenvalue weighted by Gasteiger charge is 2.58. The summed E-state index contributed by atoms with van der Waals surface area (Å²) in [7, 11) is 0. The lowest BCUT2D eigenvalue weighted by atomic mass is 9.85. The van der Waals surface area contributed by atoms with E-state index >= 15 is 0 Å². The second-order valence-electron chi connectivity index (χ2n) is 4.25. The van der Waals surface area contributed by atoms with Crippen LogP contribution in [0.5, 0.6) is 0 Å². The minimum absolute atomic E-state index is 0.0131. The van der Waals surface area contributed by atoms with Crippen molar-refractivity contribution >= 4 is 0 Å². The first-order valence-electron chi connectivity index (χ1n) is 5.05. The highest BCUT2D eigenvalue weighted by atomic mass is 19.4. The molecule has 98 valence electrons. The zero-order chi connectivity index (χ0) is 13.4. The standard InChI is InChI=1S/C11H12F6/c1-6-3-4-8(5-7(6)2)9(10(12,13)14)11(15,16)17/h4-6,9H,3H2,1-2H3. The van der Waals surface area contributed by atoms with E-state index in [1.807, 2.05) is 0 Å². The normalized spacial score (nSPS) is 22.5. The van der Waals surface area contributed by atoms with Gasteiger partial charge in [0.15, 0.2) is 5.92 Å². The maximum atomic E-state index is 12.4. The lowest BCUT2D eigenvalue weighted by molar-refractivity contribution is -0.270. The molecule has 0 N–H and O–H groups in total. The molecule has 17 heavy (non-hydrogen) atoms. The van der Waals surface area contributed by atoms with Gasteiger partial charge in [-0.1, -0.05) is 24.6 Å². The van der Waals surface area contributed by atoms with Crippen LogP contribution in [0.2, 0.25) is 0 Å². The van der Waals surface area contributed by atoms with E-state index < -0.39 is 23.8 Å². The van der Waals surface area contributed by atoms with Crippen molar-refractivity contribution in [1.29, 1.82) is 0 Å². The maximum absolute atomic E-state index is 12.4. The molecule has 0 fully saturated rings.